The molecule has 1 aliphatic heterocycles. The molecule has 0 unspecified atom stereocenters. The van der Waals surface area contributed by atoms with Crippen molar-refractivity contribution in [2.45, 2.75) is 37.1 Å². The maximum atomic E-state index is 12.5. The van der Waals surface area contributed by atoms with Crippen molar-refractivity contribution in [2.75, 3.05) is 19.7 Å². The summed E-state index contributed by atoms with van der Waals surface area (Å²) in [5.74, 6) is 0.700. The lowest BCUT2D eigenvalue weighted by atomic mass is 10.1. The third-order valence-electron chi connectivity index (χ3n) is 3.43. The monoisotopic (exact) mass is 298 g/mol. The minimum Gasteiger partial charge on any atom is -0.494 e. The van der Waals surface area contributed by atoms with Gasteiger partial charge in [-0.3, -0.25) is 0 Å². The van der Waals surface area contributed by atoms with E-state index in [0.29, 0.717) is 30.3 Å². The fourth-order valence-electron chi connectivity index (χ4n) is 2.19. The van der Waals surface area contributed by atoms with Crippen LogP contribution in [-0.4, -0.2) is 38.5 Å². The number of nitrogens with two attached hydrogens (primary N) is 1. The van der Waals surface area contributed by atoms with Crippen LogP contribution < -0.4 is 10.5 Å². The van der Waals surface area contributed by atoms with Crippen molar-refractivity contribution < 1.29 is 13.2 Å². The SMILES string of the molecule is CCCOc1ccc(S(=O)(=O)N2CCC(N)CC2)cc1. The van der Waals surface area contributed by atoms with Crippen molar-refractivity contribution in [3.8, 4) is 5.75 Å². The van der Waals surface area contributed by atoms with Crippen LogP contribution in [0.5, 0.6) is 5.75 Å². The standard InChI is InChI=1S/C14H22N2O3S/c1-2-11-19-13-3-5-14(6-4-13)20(17,18)16-9-7-12(15)8-10-16/h3-6,12H,2,7-11,15H2,1H3. The van der Waals surface area contributed by atoms with Gasteiger partial charge in [-0.1, -0.05) is 6.92 Å². The third-order valence-corrected chi connectivity index (χ3v) is 5.35. The van der Waals surface area contributed by atoms with Crippen molar-refractivity contribution in [3.63, 3.8) is 0 Å². The number of nitrogens with zero attached hydrogens (tertiary/aromatic N) is 1. The van der Waals surface area contributed by atoms with Gasteiger partial charge in [-0.05, 0) is 43.5 Å². The number of ether oxygens (including phenoxy) is 1. The van der Waals surface area contributed by atoms with Gasteiger partial charge >= 0.3 is 0 Å². The number of sulfonamides is 1. The van der Waals surface area contributed by atoms with E-state index in [1.807, 2.05) is 6.92 Å². The van der Waals surface area contributed by atoms with Crippen molar-refractivity contribution in [1.29, 1.82) is 0 Å². The lowest BCUT2D eigenvalue weighted by molar-refractivity contribution is 0.316. The number of benzene rings is 1. The van der Waals surface area contributed by atoms with E-state index in [-0.39, 0.29) is 6.04 Å². The Kier molecular flexibility index (Phi) is 5.01. The van der Waals surface area contributed by atoms with E-state index < -0.39 is 10.0 Å². The van der Waals surface area contributed by atoms with Crippen LogP contribution in [0.1, 0.15) is 26.2 Å². The molecule has 0 bridgehead atoms. The summed E-state index contributed by atoms with van der Waals surface area (Å²) in [6.07, 6.45) is 2.36. The van der Waals surface area contributed by atoms with Crippen molar-refractivity contribution in [2.24, 2.45) is 5.73 Å². The van der Waals surface area contributed by atoms with Gasteiger partial charge in [0.2, 0.25) is 10.0 Å². The average molecular weight is 298 g/mol. The van der Waals surface area contributed by atoms with Gasteiger partial charge in [0, 0.05) is 19.1 Å². The predicted octanol–water partition coefficient (Wildman–Crippen LogP) is 1.59. The lowest BCUT2D eigenvalue weighted by Crippen LogP contribution is -2.42. The summed E-state index contributed by atoms with van der Waals surface area (Å²) < 4.78 is 31.9. The largest absolute Gasteiger partial charge is 0.494 e. The quantitative estimate of drug-likeness (QED) is 0.896. The van der Waals surface area contributed by atoms with E-state index in [1.165, 1.54) is 4.31 Å². The zero-order valence-electron chi connectivity index (χ0n) is 11.8. The first kappa shape index (κ1) is 15.3. The van der Waals surface area contributed by atoms with Gasteiger partial charge in [0.05, 0.1) is 11.5 Å². The van der Waals surface area contributed by atoms with E-state index >= 15 is 0 Å². The molecule has 1 aromatic carbocycles. The highest BCUT2D eigenvalue weighted by Crippen LogP contribution is 2.22. The molecular formula is C14H22N2O3S. The molecule has 1 aliphatic rings. The molecule has 0 amide bonds. The van der Waals surface area contributed by atoms with Crippen LogP contribution in [0.3, 0.4) is 0 Å². The normalized spacial score (nSPS) is 18.1. The maximum absolute atomic E-state index is 12.5. The molecule has 0 spiro atoms. The number of hydrogen-bond acceptors (Lipinski definition) is 4. The van der Waals surface area contributed by atoms with Crippen LogP contribution in [0.4, 0.5) is 0 Å². The predicted molar refractivity (Wildman–Crippen MR) is 78.2 cm³/mol. The van der Waals surface area contributed by atoms with Crippen LogP contribution in [-0.2, 0) is 10.0 Å². The molecular weight excluding hydrogens is 276 g/mol. The molecule has 1 aromatic rings. The lowest BCUT2D eigenvalue weighted by Gasteiger charge is -2.29. The van der Waals surface area contributed by atoms with Gasteiger partial charge in [-0.25, -0.2) is 8.42 Å². The summed E-state index contributed by atoms with van der Waals surface area (Å²) in [7, 11) is -3.40. The van der Waals surface area contributed by atoms with Crippen LogP contribution >= 0.6 is 0 Å². The Bertz CT molecular complexity index is 520. The topological polar surface area (TPSA) is 72.6 Å². The Morgan fingerprint density at radius 2 is 1.85 bits per heavy atom. The molecule has 0 aromatic heterocycles. The molecule has 20 heavy (non-hydrogen) atoms. The molecule has 1 heterocycles. The fourth-order valence-corrected chi connectivity index (χ4v) is 3.66. The van der Waals surface area contributed by atoms with Crippen LogP contribution in [0, 0.1) is 0 Å². The Balaban J connectivity index is 2.09. The average Bonchev–Trinajstić information content (AvgIpc) is 2.46. The fraction of sp³-hybridized carbons (Fsp3) is 0.571. The Morgan fingerprint density at radius 1 is 1.25 bits per heavy atom. The summed E-state index contributed by atoms with van der Waals surface area (Å²) in [4.78, 5) is 0.316. The van der Waals surface area contributed by atoms with E-state index in [4.69, 9.17) is 10.5 Å². The summed E-state index contributed by atoms with van der Waals surface area (Å²) in [6.45, 7) is 3.66. The second kappa shape index (κ2) is 6.56. The van der Waals surface area contributed by atoms with Gasteiger partial charge in [-0.2, -0.15) is 4.31 Å². The molecule has 5 nitrogen and oxygen atoms in total. The first-order chi connectivity index (χ1) is 9.54. The van der Waals surface area contributed by atoms with Gasteiger partial charge in [-0.15, -0.1) is 0 Å². The summed E-state index contributed by atoms with van der Waals surface area (Å²) in [5, 5.41) is 0. The van der Waals surface area contributed by atoms with Gasteiger partial charge in [0.15, 0.2) is 0 Å². The minimum atomic E-state index is -3.40. The van der Waals surface area contributed by atoms with E-state index in [2.05, 4.69) is 0 Å². The van der Waals surface area contributed by atoms with Crippen LogP contribution in [0.2, 0.25) is 0 Å². The zero-order valence-corrected chi connectivity index (χ0v) is 12.6. The first-order valence-corrected chi connectivity index (χ1v) is 8.46. The Hall–Kier alpha value is -1.11. The van der Waals surface area contributed by atoms with Crippen molar-refractivity contribution in [1.82, 2.24) is 4.31 Å². The molecule has 1 saturated heterocycles. The zero-order chi connectivity index (χ0) is 14.6. The molecule has 1 fully saturated rings. The van der Waals surface area contributed by atoms with E-state index in [9.17, 15) is 8.42 Å². The second-order valence-corrected chi connectivity index (χ2v) is 7.00. The summed E-state index contributed by atoms with van der Waals surface area (Å²) in [6, 6.07) is 6.74. The first-order valence-electron chi connectivity index (χ1n) is 7.02. The number of rotatable bonds is 5. The Labute approximate surface area is 120 Å². The smallest absolute Gasteiger partial charge is 0.243 e. The Morgan fingerprint density at radius 3 is 2.40 bits per heavy atom. The summed E-state index contributed by atoms with van der Waals surface area (Å²) >= 11 is 0. The van der Waals surface area contributed by atoms with Gasteiger partial charge in [0.1, 0.15) is 5.75 Å². The molecule has 0 atom stereocenters. The molecule has 112 valence electrons. The highest BCUT2D eigenvalue weighted by Gasteiger charge is 2.28. The molecule has 0 aliphatic carbocycles. The maximum Gasteiger partial charge on any atom is 0.243 e. The van der Waals surface area contributed by atoms with Crippen LogP contribution in [0.25, 0.3) is 0 Å². The number of piperidine rings is 1. The number of hydrogen-bond donors (Lipinski definition) is 1. The highest BCUT2D eigenvalue weighted by molar-refractivity contribution is 7.89. The van der Waals surface area contributed by atoms with E-state index in [1.54, 1.807) is 24.3 Å². The molecule has 0 radical (unpaired) electrons. The van der Waals surface area contributed by atoms with Crippen LogP contribution in [0.15, 0.2) is 29.2 Å². The molecule has 0 saturated carbocycles. The van der Waals surface area contributed by atoms with Gasteiger partial charge in [0.25, 0.3) is 0 Å². The third kappa shape index (κ3) is 3.50. The molecule has 2 N–H and O–H groups in total. The molecule has 2 rings (SSSR count). The second-order valence-electron chi connectivity index (χ2n) is 5.06. The summed E-state index contributed by atoms with van der Waals surface area (Å²) in [5.41, 5.74) is 5.81. The molecule has 6 heteroatoms. The van der Waals surface area contributed by atoms with Crippen molar-refractivity contribution >= 4 is 10.0 Å². The van der Waals surface area contributed by atoms with Gasteiger partial charge < -0.3 is 10.5 Å². The minimum absolute atomic E-state index is 0.117. The highest BCUT2D eigenvalue weighted by atomic mass is 32.2. The van der Waals surface area contributed by atoms with E-state index in [0.717, 1.165) is 19.3 Å². The van der Waals surface area contributed by atoms with Crippen molar-refractivity contribution in [3.05, 3.63) is 24.3 Å².